The van der Waals surface area contributed by atoms with E-state index in [0.717, 1.165) is 18.2 Å². The first-order valence-electron chi connectivity index (χ1n) is 6.15. The van der Waals surface area contributed by atoms with Gasteiger partial charge in [-0.1, -0.05) is 38.3 Å². The fourth-order valence-corrected chi connectivity index (χ4v) is 2.30. The minimum atomic E-state index is 0.491. The SMILES string of the molecule is CC(C)c1cn(CC2CCCCC2)nn1. The predicted octanol–water partition coefficient (Wildman–Crippen LogP) is 2.98. The van der Waals surface area contributed by atoms with Crippen LogP contribution in [0.3, 0.4) is 0 Å². The van der Waals surface area contributed by atoms with Crippen LogP contribution in [0, 0.1) is 5.92 Å². The van der Waals surface area contributed by atoms with E-state index in [2.05, 4.69) is 30.4 Å². The van der Waals surface area contributed by atoms with Crippen LogP contribution in [0.4, 0.5) is 0 Å². The van der Waals surface area contributed by atoms with Gasteiger partial charge in [-0.15, -0.1) is 5.10 Å². The summed E-state index contributed by atoms with van der Waals surface area (Å²) in [7, 11) is 0. The monoisotopic (exact) mass is 207 g/mol. The van der Waals surface area contributed by atoms with Crippen LogP contribution in [0.2, 0.25) is 0 Å². The topological polar surface area (TPSA) is 30.7 Å². The van der Waals surface area contributed by atoms with Gasteiger partial charge in [0.05, 0.1) is 5.69 Å². The van der Waals surface area contributed by atoms with Gasteiger partial charge in [-0.25, -0.2) is 0 Å². The van der Waals surface area contributed by atoms with Crippen LogP contribution >= 0.6 is 0 Å². The first-order chi connectivity index (χ1) is 7.25. The molecule has 1 aromatic rings. The molecule has 84 valence electrons. The molecule has 0 N–H and O–H groups in total. The Kier molecular flexibility index (Phi) is 3.39. The third kappa shape index (κ3) is 2.80. The molecule has 0 bridgehead atoms. The van der Waals surface area contributed by atoms with Crippen LogP contribution in [0.1, 0.15) is 57.6 Å². The van der Waals surface area contributed by atoms with Crippen LogP contribution in [0.5, 0.6) is 0 Å². The van der Waals surface area contributed by atoms with Gasteiger partial charge in [0.15, 0.2) is 0 Å². The van der Waals surface area contributed by atoms with Crippen molar-refractivity contribution in [3.63, 3.8) is 0 Å². The highest BCUT2D eigenvalue weighted by atomic mass is 15.4. The Morgan fingerprint density at radius 2 is 2.07 bits per heavy atom. The van der Waals surface area contributed by atoms with E-state index in [4.69, 9.17) is 0 Å². The maximum atomic E-state index is 4.20. The number of rotatable bonds is 3. The maximum Gasteiger partial charge on any atom is 0.0852 e. The zero-order valence-electron chi connectivity index (χ0n) is 9.82. The largest absolute Gasteiger partial charge is 0.252 e. The predicted molar refractivity (Wildman–Crippen MR) is 60.7 cm³/mol. The Morgan fingerprint density at radius 3 is 2.67 bits per heavy atom. The highest BCUT2D eigenvalue weighted by Crippen LogP contribution is 2.24. The lowest BCUT2D eigenvalue weighted by molar-refractivity contribution is 0.305. The second kappa shape index (κ2) is 4.77. The van der Waals surface area contributed by atoms with Gasteiger partial charge in [0.2, 0.25) is 0 Å². The molecule has 15 heavy (non-hydrogen) atoms. The van der Waals surface area contributed by atoms with Crippen LogP contribution in [0.25, 0.3) is 0 Å². The molecule has 1 saturated carbocycles. The van der Waals surface area contributed by atoms with Crippen LogP contribution < -0.4 is 0 Å². The van der Waals surface area contributed by atoms with Gasteiger partial charge in [0.1, 0.15) is 0 Å². The van der Waals surface area contributed by atoms with E-state index in [9.17, 15) is 0 Å². The standard InChI is InChI=1S/C12H21N3/c1-10(2)12-9-15(14-13-12)8-11-6-4-3-5-7-11/h9-11H,3-8H2,1-2H3. The average molecular weight is 207 g/mol. The Labute approximate surface area is 91.9 Å². The van der Waals surface area contributed by atoms with E-state index >= 15 is 0 Å². The Morgan fingerprint density at radius 1 is 1.33 bits per heavy atom. The Bertz CT molecular complexity index is 298. The highest BCUT2D eigenvalue weighted by Gasteiger charge is 2.15. The lowest BCUT2D eigenvalue weighted by atomic mass is 9.89. The summed E-state index contributed by atoms with van der Waals surface area (Å²) in [6.07, 6.45) is 9.07. The summed E-state index contributed by atoms with van der Waals surface area (Å²) >= 11 is 0. The molecule has 0 amide bonds. The first-order valence-corrected chi connectivity index (χ1v) is 6.15. The molecule has 0 atom stereocenters. The molecule has 0 spiro atoms. The normalized spacial score (nSPS) is 18.6. The molecule has 0 aliphatic heterocycles. The van der Waals surface area contributed by atoms with Crippen molar-refractivity contribution in [3.05, 3.63) is 11.9 Å². The maximum absolute atomic E-state index is 4.20. The molecule has 0 saturated heterocycles. The Balaban J connectivity index is 1.91. The summed E-state index contributed by atoms with van der Waals surface area (Å²) in [6, 6.07) is 0. The van der Waals surface area contributed by atoms with Gasteiger partial charge in [0.25, 0.3) is 0 Å². The third-order valence-electron chi connectivity index (χ3n) is 3.32. The number of nitrogens with zero attached hydrogens (tertiary/aromatic N) is 3. The van der Waals surface area contributed by atoms with Crippen LogP contribution in [0.15, 0.2) is 6.20 Å². The zero-order valence-corrected chi connectivity index (χ0v) is 9.82. The lowest BCUT2D eigenvalue weighted by Crippen LogP contribution is -2.14. The molecule has 3 heteroatoms. The highest BCUT2D eigenvalue weighted by molar-refractivity contribution is 4.98. The summed E-state index contributed by atoms with van der Waals surface area (Å²) in [6.45, 7) is 5.39. The number of hydrogen-bond acceptors (Lipinski definition) is 2. The second-order valence-corrected chi connectivity index (χ2v) is 5.02. The number of aromatic nitrogens is 3. The summed E-state index contributed by atoms with van der Waals surface area (Å²) < 4.78 is 2.03. The first kappa shape index (κ1) is 10.7. The van der Waals surface area contributed by atoms with Gasteiger partial charge >= 0.3 is 0 Å². The van der Waals surface area contributed by atoms with Gasteiger partial charge in [0, 0.05) is 12.7 Å². The fourth-order valence-electron chi connectivity index (χ4n) is 2.30. The number of hydrogen-bond donors (Lipinski definition) is 0. The molecule has 1 aromatic heterocycles. The molecule has 1 aliphatic carbocycles. The lowest BCUT2D eigenvalue weighted by Gasteiger charge is -2.20. The van der Waals surface area contributed by atoms with Gasteiger partial charge in [-0.05, 0) is 24.7 Å². The molecule has 0 aromatic carbocycles. The van der Waals surface area contributed by atoms with Crippen molar-refractivity contribution in [2.45, 2.75) is 58.4 Å². The van der Waals surface area contributed by atoms with Crippen molar-refractivity contribution in [2.24, 2.45) is 5.92 Å². The second-order valence-electron chi connectivity index (χ2n) is 5.02. The molecule has 1 fully saturated rings. The van der Waals surface area contributed by atoms with Crippen LogP contribution in [-0.4, -0.2) is 15.0 Å². The summed E-state index contributed by atoms with van der Waals surface area (Å²) in [5.74, 6) is 1.32. The van der Waals surface area contributed by atoms with Crippen molar-refractivity contribution in [3.8, 4) is 0 Å². The van der Waals surface area contributed by atoms with Crippen LogP contribution in [-0.2, 0) is 6.54 Å². The van der Waals surface area contributed by atoms with E-state index in [1.807, 2.05) is 4.68 Å². The minimum Gasteiger partial charge on any atom is -0.252 e. The molecule has 1 heterocycles. The molecule has 0 unspecified atom stereocenters. The van der Waals surface area contributed by atoms with Gasteiger partial charge in [-0.3, -0.25) is 4.68 Å². The smallest absolute Gasteiger partial charge is 0.0852 e. The summed E-state index contributed by atoms with van der Waals surface area (Å²) in [5.41, 5.74) is 1.12. The quantitative estimate of drug-likeness (QED) is 0.763. The van der Waals surface area contributed by atoms with Crippen molar-refractivity contribution in [1.82, 2.24) is 15.0 Å². The van der Waals surface area contributed by atoms with Crippen molar-refractivity contribution in [2.75, 3.05) is 0 Å². The fraction of sp³-hybridized carbons (Fsp3) is 0.833. The molecular weight excluding hydrogens is 186 g/mol. The average Bonchev–Trinajstić information content (AvgIpc) is 2.68. The van der Waals surface area contributed by atoms with E-state index in [0.29, 0.717) is 5.92 Å². The Hall–Kier alpha value is -0.860. The van der Waals surface area contributed by atoms with Crippen molar-refractivity contribution >= 4 is 0 Å². The van der Waals surface area contributed by atoms with E-state index in [1.165, 1.54) is 32.1 Å². The molecular formula is C12H21N3. The molecule has 0 radical (unpaired) electrons. The van der Waals surface area contributed by atoms with Crippen molar-refractivity contribution < 1.29 is 0 Å². The van der Waals surface area contributed by atoms with E-state index in [1.54, 1.807) is 0 Å². The third-order valence-corrected chi connectivity index (χ3v) is 3.32. The molecule has 1 aliphatic rings. The summed E-state index contributed by atoms with van der Waals surface area (Å²) in [5, 5.41) is 8.39. The zero-order chi connectivity index (χ0) is 10.7. The van der Waals surface area contributed by atoms with Crippen molar-refractivity contribution in [1.29, 1.82) is 0 Å². The van der Waals surface area contributed by atoms with E-state index in [-0.39, 0.29) is 0 Å². The summed E-state index contributed by atoms with van der Waals surface area (Å²) in [4.78, 5) is 0. The van der Waals surface area contributed by atoms with Gasteiger partial charge < -0.3 is 0 Å². The van der Waals surface area contributed by atoms with Gasteiger partial charge in [-0.2, -0.15) is 0 Å². The minimum absolute atomic E-state index is 0.491. The molecule has 2 rings (SSSR count). The molecule has 3 nitrogen and oxygen atoms in total. The van der Waals surface area contributed by atoms with E-state index < -0.39 is 0 Å².